The number of anilines is 1. The van der Waals surface area contributed by atoms with Crippen LogP contribution >= 0.6 is 11.8 Å². The Morgan fingerprint density at radius 2 is 1.59 bits per heavy atom. The molecule has 1 saturated heterocycles. The topological polar surface area (TPSA) is 110 Å². The van der Waals surface area contributed by atoms with Crippen molar-refractivity contribution < 1.29 is 24.2 Å². The molecule has 250 valence electrons. The van der Waals surface area contributed by atoms with Gasteiger partial charge < -0.3 is 25.2 Å². The number of carbonyl (C=O) groups is 2. The van der Waals surface area contributed by atoms with Crippen molar-refractivity contribution in [2.45, 2.75) is 50.4 Å². The number of hydrogen-bond donors (Lipinski definition) is 3. The molecule has 9 heteroatoms. The van der Waals surface area contributed by atoms with Gasteiger partial charge in [0.25, 0.3) is 5.91 Å². The number of thioether (sulfide) groups is 1. The molecule has 4 unspecified atom stereocenters. The summed E-state index contributed by atoms with van der Waals surface area (Å²) < 4.78 is 13.4. The third-order valence-electron chi connectivity index (χ3n) is 8.51. The van der Waals surface area contributed by atoms with Gasteiger partial charge in [-0.3, -0.25) is 14.6 Å². The lowest BCUT2D eigenvalue weighted by Crippen LogP contribution is -2.38. The summed E-state index contributed by atoms with van der Waals surface area (Å²) in [7, 11) is 0. The van der Waals surface area contributed by atoms with E-state index in [1.54, 1.807) is 36.3 Å². The van der Waals surface area contributed by atoms with Crippen LogP contribution in [0.2, 0.25) is 0 Å². The summed E-state index contributed by atoms with van der Waals surface area (Å²) in [6.45, 7) is 4.02. The molecule has 4 aromatic carbocycles. The van der Waals surface area contributed by atoms with E-state index in [-0.39, 0.29) is 36.5 Å². The van der Waals surface area contributed by atoms with Gasteiger partial charge in [-0.15, -0.1) is 11.8 Å². The molecule has 2 amide bonds. The first-order valence-corrected chi connectivity index (χ1v) is 17.2. The van der Waals surface area contributed by atoms with Gasteiger partial charge in [0.15, 0.2) is 6.29 Å². The fraction of sp³-hybridized carbons (Fsp3) is 0.225. The number of aliphatic hydroxyl groups excluding tert-OH is 1. The Kier molecular flexibility index (Phi) is 11.2. The molecule has 1 aliphatic rings. The van der Waals surface area contributed by atoms with Gasteiger partial charge in [-0.25, -0.2) is 0 Å². The van der Waals surface area contributed by atoms with E-state index in [9.17, 15) is 14.7 Å². The molecule has 1 aliphatic heterocycles. The third kappa shape index (κ3) is 8.82. The predicted octanol–water partition coefficient (Wildman–Crippen LogP) is 7.71. The smallest absolute Gasteiger partial charge is 0.253 e. The zero-order valence-electron chi connectivity index (χ0n) is 27.4. The molecule has 49 heavy (non-hydrogen) atoms. The number of ether oxygens (including phenoxy) is 2. The second-order valence-corrected chi connectivity index (χ2v) is 13.2. The summed E-state index contributed by atoms with van der Waals surface area (Å²) in [6.07, 6.45) is 2.24. The summed E-state index contributed by atoms with van der Waals surface area (Å²) in [4.78, 5) is 29.1. The SMILES string of the molecule is CC(=O)Nc1ccc(SCC2OC(c3cccc(-c4cccc(CNC(=O)c5cccnc5)c4)c3)OC(c3ccc(CO)cc3)C2C)cc1. The second-order valence-electron chi connectivity index (χ2n) is 12.1. The molecule has 0 saturated carbocycles. The Balaban J connectivity index is 1.21. The number of carbonyl (C=O) groups excluding carboxylic acids is 2. The molecule has 3 N–H and O–H groups in total. The minimum atomic E-state index is -0.603. The van der Waals surface area contributed by atoms with E-state index in [1.807, 2.05) is 72.8 Å². The predicted molar refractivity (Wildman–Crippen MR) is 192 cm³/mol. The largest absolute Gasteiger partial charge is 0.392 e. The summed E-state index contributed by atoms with van der Waals surface area (Å²) in [6, 6.07) is 35.5. The zero-order chi connectivity index (χ0) is 34.2. The van der Waals surface area contributed by atoms with Gasteiger partial charge in [0.2, 0.25) is 5.91 Å². The average molecular weight is 674 g/mol. The average Bonchev–Trinajstić information content (AvgIpc) is 3.14. The van der Waals surface area contributed by atoms with Crippen LogP contribution in [0.3, 0.4) is 0 Å². The molecule has 5 aromatic rings. The van der Waals surface area contributed by atoms with Crippen molar-refractivity contribution in [1.82, 2.24) is 10.3 Å². The minimum absolute atomic E-state index is 0.0159. The number of amides is 2. The normalized spacial score (nSPS) is 18.8. The van der Waals surface area contributed by atoms with E-state index in [4.69, 9.17) is 9.47 Å². The quantitative estimate of drug-likeness (QED) is 0.123. The van der Waals surface area contributed by atoms with E-state index in [1.165, 1.54) is 6.92 Å². The van der Waals surface area contributed by atoms with E-state index in [0.717, 1.165) is 44.0 Å². The van der Waals surface area contributed by atoms with Crippen LogP contribution in [-0.2, 0) is 27.4 Å². The number of pyridine rings is 1. The molecule has 2 heterocycles. The van der Waals surface area contributed by atoms with Gasteiger partial charge in [0.05, 0.1) is 24.4 Å². The van der Waals surface area contributed by atoms with Crippen molar-refractivity contribution >= 4 is 29.3 Å². The van der Waals surface area contributed by atoms with Crippen LogP contribution in [0.25, 0.3) is 11.1 Å². The van der Waals surface area contributed by atoms with Crippen LogP contribution in [0, 0.1) is 5.92 Å². The maximum atomic E-state index is 12.6. The Hall–Kier alpha value is -4.80. The van der Waals surface area contributed by atoms with Crippen LogP contribution in [0.15, 0.2) is 126 Å². The molecule has 0 bridgehead atoms. The highest BCUT2D eigenvalue weighted by Crippen LogP contribution is 2.43. The van der Waals surface area contributed by atoms with E-state index >= 15 is 0 Å². The summed E-state index contributed by atoms with van der Waals surface area (Å²) in [5, 5.41) is 15.4. The summed E-state index contributed by atoms with van der Waals surface area (Å²) in [5.41, 5.74) is 7.08. The van der Waals surface area contributed by atoms with Gasteiger partial charge in [-0.2, -0.15) is 0 Å². The number of hydrogen-bond acceptors (Lipinski definition) is 7. The molecular formula is C40H39N3O5S. The number of nitrogens with zero attached hydrogens (tertiary/aromatic N) is 1. The lowest BCUT2D eigenvalue weighted by molar-refractivity contribution is -0.268. The first-order chi connectivity index (χ1) is 23.9. The van der Waals surface area contributed by atoms with Crippen molar-refractivity contribution in [2.75, 3.05) is 11.1 Å². The van der Waals surface area contributed by atoms with Crippen LogP contribution in [-0.4, -0.2) is 33.8 Å². The van der Waals surface area contributed by atoms with E-state index in [2.05, 4.69) is 46.8 Å². The first kappa shape index (κ1) is 34.1. The van der Waals surface area contributed by atoms with Crippen molar-refractivity contribution in [1.29, 1.82) is 0 Å². The maximum Gasteiger partial charge on any atom is 0.253 e. The van der Waals surface area contributed by atoms with Crippen LogP contribution in [0.5, 0.6) is 0 Å². The minimum Gasteiger partial charge on any atom is -0.392 e. The fourth-order valence-corrected chi connectivity index (χ4v) is 6.90. The number of rotatable bonds is 11. The standard InChI is InChI=1S/C40H39N3O5S/c1-26-37(25-49-36-17-15-35(16-18-36)43-27(2)45)47-40(48-38(26)30-13-11-28(24-44)12-14-30)33-9-4-8-32(21-33)31-7-3-6-29(20-31)22-42-39(46)34-10-5-19-41-23-34/h3-21,23,26,37-38,40,44H,22,24-25H2,1-2H3,(H,42,46)(H,43,45). The molecule has 4 atom stereocenters. The number of aromatic nitrogens is 1. The van der Waals surface area contributed by atoms with Gasteiger partial charge in [0, 0.05) is 53.7 Å². The Morgan fingerprint density at radius 1 is 0.837 bits per heavy atom. The fourth-order valence-electron chi connectivity index (χ4n) is 5.83. The van der Waals surface area contributed by atoms with E-state index < -0.39 is 6.29 Å². The van der Waals surface area contributed by atoms with Gasteiger partial charge in [-0.1, -0.05) is 67.6 Å². The molecule has 6 rings (SSSR count). The van der Waals surface area contributed by atoms with Crippen molar-refractivity contribution in [3.63, 3.8) is 0 Å². The molecule has 1 aromatic heterocycles. The van der Waals surface area contributed by atoms with Crippen LogP contribution in [0.4, 0.5) is 5.69 Å². The lowest BCUT2D eigenvalue weighted by atomic mass is 9.91. The monoisotopic (exact) mass is 673 g/mol. The molecule has 0 aliphatic carbocycles. The number of nitrogens with one attached hydrogen (secondary N) is 2. The molecule has 0 radical (unpaired) electrons. The molecule has 0 spiro atoms. The van der Waals surface area contributed by atoms with Gasteiger partial charge in [-0.05, 0) is 76.3 Å². The van der Waals surface area contributed by atoms with Crippen molar-refractivity contribution in [3.8, 4) is 11.1 Å². The number of benzene rings is 4. The highest BCUT2D eigenvalue weighted by Gasteiger charge is 2.38. The Bertz CT molecular complexity index is 1870. The second kappa shape index (κ2) is 16.1. The first-order valence-electron chi connectivity index (χ1n) is 16.2. The third-order valence-corrected chi connectivity index (χ3v) is 9.61. The summed E-state index contributed by atoms with van der Waals surface area (Å²) >= 11 is 1.71. The maximum absolute atomic E-state index is 12.6. The Labute approximate surface area is 290 Å². The van der Waals surface area contributed by atoms with Gasteiger partial charge in [0.1, 0.15) is 0 Å². The number of aliphatic hydroxyl groups is 1. The zero-order valence-corrected chi connectivity index (χ0v) is 28.2. The Morgan fingerprint density at radius 3 is 2.31 bits per heavy atom. The highest BCUT2D eigenvalue weighted by molar-refractivity contribution is 7.99. The van der Waals surface area contributed by atoms with Crippen molar-refractivity contribution in [2.24, 2.45) is 5.92 Å². The van der Waals surface area contributed by atoms with Crippen molar-refractivity contribution in [3.05, 3.63) is 149 Å². The van der Waals surface area contributed by atoms with Crippen LogP contribution in [0.1, 0.15) is 58.9 Å². The lowest BCUT2D eigenvalue weighted by Gasteiger charge is -2.41. The van der Waals surface area contributed by atoms with Gasteiger partial charge >= 0.3 is 0 Å². The molecule has 8 nitrogen and oxygen atoms in total. The molecule has 1 fully saturated rings. The van der Waals surface area contributed by atoms with Crippen LogP contribution < -0.4 is 10.6 Å². The summed E-state index contributed by atoms with van der Waals surface area (Å²) in [5.74, 6) is 0.481. The molecular weight excluding hydrogens is 635 g/mol. The highest BCUT2D eigenvalue weighted by atomic mass is 32.2. The van der Waals surface area contributed by atoms with E-state index in [0.29, 0.717) is 17.9 Å².